The van der Waals surface area contributed by atoms with E-state index in [1.807, 2.05) is 19.9 Å². The minimum atomic E-state index is -0.391. The normalized spacial score (nSPS) is 12.0. The first-order valence-corrected chi connectivity index (χ1v) is 7.40. The van der Waals surface area contributed by atoms with Crippen LogP contribution >= 0.6 is 0 Å². The molecule has 0 aliphatic rings. The molecule has 0 unspecified atom stereocenters. The molecule has 2 N–H and O–H groups in total. The summed E-state index contributed by atoms with van der Waals surface area (Å²) in [5, 5.41) is 9.12. The van der Waals surface area contributed by atoms with Gasteiger partial charge in [0.2, 0.25) is 11.8 Å². The quantitative estimate of drug-likeness (QED) is 0.844. The fourth-order valence-electron chi connectivity index (χ4n) is 2.03. The lowest BCUT2D eigenvalue weighted by Crippen LogP contribution is -2.40. The summed E-state index contributed by atoms with van der Waals surface area (Å²) in [6, 6.07) is 8.33. The van der Waals surface area contributed by atoms with E-state index in [-0.39, 0.29) is 24.3 Å². The zero-order valence-electron chi connectivity index (χ0n) is 13.4. The number of hydrogen-bond donors (Lipinski definition) is 2. The standard InChI is InChI=1S/C16H20N4O3/c1-10(2)14(16-18-11(3)20-23-16)19-13(21)9-17-15(22)12-7-5-4-6-8-12/h4-8,10,14H,9H2,1-3H3,(H,17,22)(H,19,21)/t14-/m1/s1. The number of aromatic nitrogens is 2. The molecule has 2 rings (SSSR count). The van der Waals surface area contributed by atoms with Crippen molar-refractivity contribution in [1.29, 1.82) is 0 Å². The lowest BCUT2D eigenvalue weighted by Gasteiger charge is -2.18. The van der Waals surface area contributed by atoms with Gasteiger partial charge in [0.25, 0.3) is 5.91 Å². The lowest BCUT2D eigenvalue weighted by molar-refractivity contribution is -0.121. The summed E-state index contributed by atoms with van der Waals surface area (Å²) in [6.45, 7) is 5.47. The minimum absolute atomic E-state index is 0.0728. The molecule has 122 valence electrons. The highest BCUT2D eigenvalue weighted by molar-refractivity contribution is 5.96. The molecule has 7 nitrogen and oxygen atoms in total. The minimum Gasteiger partial charge on any atom is -0.343 e. The Kier molecular flexibility index (Phi) is 5.46. The summed E-state index contributed by atoms with van der Waals surface area (Å²) < 4.78 is 5.12. The Bertz CT molecular complexity index is 667. The van der Waals surface area contributed by atoms with Crippen LogP contribution in [0.2, 0.25) is 0 Å². The molecule has 0 saturated heterocycles. The zero-order chi connectivity index (χ0) is 16.8. The van der Waals surface area contributed by atoms with Crippen molar-refractivity contribution >= 4 is 11.8 Å². The Morgan fingerprint density at radius 3 is 2.48 bits per heavy atom. The average Bonchev–Trinajstić information content (AvgIpc) is 2.97. The van der Waals surface area contributed by atoms with Crippen LogP contribution in [0.3, 0.4) is 0 Å². The van der Waals surface area contributed by atoms with Gasteiger partial charge < -0.3 is 15.2 Å². The molecule has 0 bridgehead atoms. The molecule has 1 aromatic carbocycles. The second kappa shape index (κ2) is 7.53. The molecule has 0 radical (unpaired) electrons. The highest BCUT2D eigenvalue weighted by atomic mass is 16.5. The summed E-state index contributed by atoms with van der Waals surface area (Å²) in [7, 11) is 0. The smallest absolute Gasteiger partial charge is 0.251 e. The van der Waals surface area contributed by atoms with E-state index in [4.69, 9.17) is 4.52 Å². The second-order valence-electron chi connectivity index (χ2n) is 5.52. The third-order valence-electron chi connectivity index (χ3n) is 3.24. The Morgan fingerprint density at radius 2 is 1.91 bits per heavy atom. The predicted octanol–water partition coefficient (Wildman–Crippen LogP) is 1.62. The van der Waals surface area contributed by atoms with Crippen LogP contribution in [0.5, 0.6) is 0 Å². The number of nitrogens with zero attached hydrogens (tertiary/aromatic N) is 2. The van der Waals surface area contributed by atoms with E-state index in [1.165, 1.54) is 0 Å². The van der Waals surface area contributed by atoms with Gasteiger partial charge in [-0.05, 0) is 25.0 Å². The number of carbonyl (C=O) groups is 2. The first-order valence-electron chi connectivity index (χ1n) is 7.40. The molecule has 1 atom stereocenters. The highest BCUT2D eigenvalue weighted by Crippen LogP contribution is 2.19. The molecule has 2 aromatic rings. The first-order chi connectivity index (χ1) is 11.0. The van der Waals surface area contributed by atoms with Crippen molar-refractivity contribution in [2.75, 3.05) is 6.54 Å². The number of rotatable bonds is 6. The SMILES string of the molecule is Cc1noc([C@H](NC(=O)CNC(=O)c2ccccc2)C(C)C)n1. The highest BCUT2D eigenvalue weighted by Gasteiger charge is 2.24. The number of aryl methyl sites for hydroxylation is 1. The van der Waals surface area contributed by atoms with Gasteiger partial charge in [0.1, 0.15) is 6.04 Å². The first kappa shape index (κ1) is 16.7. The van der Waals surface area contributed by atoms with Gasteiger partial charge in [-0.25, -0.2) is 0 Å². The van der Waals surface area contributed by atoms with E-state index in [0.29, 0.717) is 17.3 Å². The van der Waals surface area contributed by atoms with E-state index in [1.54, 1.807) is 31.2 Å². The van der Waals surface area contributed by atoms with Crippen LogP contribution in [0.4, 0.5) is 0 Å². The van der Waals surface area contributed by atoms with Crippen molar-refractivity contribution in [3.8, 4) is 0 Å². The molecular weight excluding hydrogens is 296 g/mol. The summed E-state index contributed by atoms with van der Waals surface area (Å²) in [5.41, 5.74) is 0.508. The molecule has 7 heteroatoms. The number of hydrogen-bond acceptors (Lipinski definition) is 5. The molecule has 0 fully saturated rings. The summed E-state index contributed by atoms with van der Waals surface area (Å²) in [6.07, 6.45) is 0. The third kappa shape index (κ3) is 4.64. The van der Waals surface area contributed by atoms with Crippen LogP contribution < -0.4 is 10.6 Å². The maximum absolute atomic E-state index is 12.1. The monoisotopic (exact) mass is 316 g/mol. The number of nitrogens with one attached hydrogen (secondary N) is 2. The van der Waals surface area contributed by atoms with Crippen LogP contribution in [0.25, 0.3) is 0 Å². The summed E-state index contributed by atoms with van der Waals surface area (Å²) in [4.78, 5) is 28.1. The van der Waals surface area contributed by atoms with Gasteiger partial charge in [-0.3, -0.25) is 9.59 Å². The lowest BCUT2D eigenvalue weighted by atomic mass is 10.0. The zero-order valence-corrected chi connectivity index (χ0v) is 13.4. The van der Waals surface area contributed by atoms with E-state index < -0.39 is 6.04 Å². The van der Waals surface area contributed by atoms with Crippen molar-refractivity contribution < 1.29 is 14.1 Å². The molecule has 1 aromatic heterocycles. The molecular formula is C16H20N4O3. The van der Waals surface area contributed by atoms with Gasteiger partial charge in [0, 0.05) is 5.56 Å². The molecule has 0 aliphatic carbocycles. The number of amides is 2. The summed E-state index contributed by atoms with van der Waals surface area (Å²) >= 11 is 0. The molecule has 1 heterocycles. The topological polar surface area (TPSA) is 97.1 Å². The van der Waals surface area contributed by atoms with Crippen molar-refractivity contribution in [3.05, 3.63) is 47.6 Å². The van der Waals surface area contributed by atoms with Gasteiger partial charge in [0.05, 0.1) is 6.54 Å². The van der Waals surface area contributed by atoms with E-state index >= 15 is 0 Å². The van der Waals surface area contributed by atoms with Crippen LogP contribution in [-0.4, -0.2) is 28.5 Å². The van der Waals surface area contributed by atoms with Crippen molar-refractivity contribution in [1.82, 2.24) is 20.8 Å². The van der Waals surface area contributed by atoms with Gasteiger partial charge in [0.15, 0.2) is 5.82 Å². The summed E-state index contributed by atoms with van der Waals surface area (Å²) in [5.74, 6) is 0.334. The van der Waals surface area contributed by atoms with E-state index in [0.717, 1.165) is 0 Å². The van der Waals surface area contributed by atoms with Crippen LogP contribution in [0.15, 0.2) is 34.9 Å². The van der Waals surface area contributed by atoms with Crippen LogP contribution in [-0.2, 0) is 4.79 Å². The van der Waals surface area contributed by atoms with Crippen LogP contribution in [0, 0.1) is 12.8 Å². The third-order valence-corrected chi connectivity index (χ3v) is 3.24. The number of carbonyl (C=O) groups excluding carboxylic acids is 2. The van der Waals surface area contributed by atoms with Gasteiger partial charge >= 0.3 is 0 Å². The Labute approximate surface area is 134 Å². The molecule has 23 heavy (non-hydrogen) atoms. The molecule has 0 saturated carbocycles. The molecule has 2 amide bonds. The Morgan fingerprint density at radius 1 is 1.22 bits per heavy atom. The molecule has 0 aliphatic heterocycles. The van der Waals surface area contributed by atoms with E-state index in [2.05, 4.69) is 20.8 Å². The number of benzene rings is 1. The predicted molar refractivity (Wildman–Crippen MR) is 83.5 cm³/mol. The average molecular weight is 316 g/mol. The van der Waals surface area contributed by atoms with E-state index in [9.17, 15) is 9.59 Å². The van der Waals surface area contributed by atoms with Crippen molar-refractivity contribution in [2.24, 2.45) is 5.92 Å². The maximum Gasteiger partial charge on any atom is 0.251 e. The fourth-order valence-corrected chi connectivity index (χ4v) is 2.03. The second-order valence-corrected chi connectivity index (χ2v) is 5.52. The van der Waals surface area contributed by atoms with Crippen molar-refractivity contribution in [2.45, 2.75) is 26.8 Å². The van der Waals surface area contributed by atoms with Gasteiger partial charge in [-0.15, -0.1) is 0 Å². The fraction of sp³-hybridized carbons (Fsp3) is 0.375. The maximum atomic E-state index is 12.1. The van der Waals surface area contributed by atoms with Crippen LogP contribution in [0.1, 0.15) is 42.0 Å². The van der Waals surface area contributed by atoms with Gasteiger partial charge in [-0.1, -0.05) is 37.2 Å². The largest absolute Gasteiger partial charge is 0.343 e. The molecule has 0 spiro atoms. The Hall–Kier alpha value is -2.70. The van der Waals surface area contributed by atoms with Crippen molar-refractivity contribution in [3.63, 3.8) is 0 Å². The van der Waals surface area contributed by atoms with Gasteiger partial charge in [-0.2, -0.15) is 4.98 Å². The Balaban J connectivity index is 1.91.